The summed E-state index contributed by atoms with van der Waals surface area (Å²) in [7, 11) is 0. The fourth-order valence-electron chi connectivity index (χ4n) is 0. The largest absolute Gasteiger partial charge is 2.00 e. The van der Waals surface area contributed by atoms with E-state index in [4.69, 9.17) is 15.0 Å². The first-order valence-corrected chi connectivity index (χ1v) is 0.612. The Morgan fingerprint density at radius 3 is 1.14 bits per heavy atom. The van der Waals surface area contributed by atoms with E-state index in [0.29, 0.717) is 0 Å². The van der Waals surface area contributed by atoms with Crippen LogP contribution in [0.5, 0.6) is 0 Å². The molecule has 0 aliphatic carbocycles. The van der Waals surface area contributed by atoms with Crippen LogP contribution in [-0.4, -0.2) is 17.1 Å². The molecule has 6 heteroatoms. The average molecular weight is 158 g/mol. The Labute approximate surface area is 50.0 Å². The number of carboxylic acid groups (broad SMARTS) is 2. The third kappa shape index (κ3) is 931. The molecule has 7 heavy (non-hydrogen) atoms. The van der Waals surface area contributed by atoms with Gasteiger partial charge in [0.1, 0.15) is 0 Å². The zero-order chi connectivity index (χ0) is 3.58. The summed E-state index contributed by atoms with van der Waals surface area (Å²) in [5.74, 6) is 0. The van der Waals surface area contributed by atoms with Crippen molar-refractivity contribution < 1.29 is 43.0 Å². The minimum Gasteiger partial charge on any atom is -0.870 e. The van der Waals surface area contributed by atoms with Gasteiger partial charge in [0.05, 0.1) is 0 Å². The maximum Gasteiger partial charge on any atom is 2.00 e. The Morgan fingerprint density at radius 1 is 1.14 bits per heavy atom. The van der Waals surface area contributed by atoms with Crippen LogP contribution >= 0.6 is 0 Å². The molecule has 0 saturated heterocycles. The second kappa shape index (κ2) is 17.2. The predicted molar refractivity (Wildman–Crippen MR) is 9.27 cm³/mol. The fourth-order valence-corrected chi connectivity index (χ4v) is 0. The Hall–Kier alpha value is -0.291. The molecule has 0 atom stereocenters. The maximum atomic E-state index is 8.33. The monoisotopic (exact) mass is 157 g/mol. The van der Waals surface area contributed by atoms with E-state index in [1.54, 1.807) is 0 Å². The molecule has 0 bridgehead atoms. The molecule has 0 amide bonds. The van der Waals surface area contributed by atoms with E-state index in [-0.39, 0.29) is 28.0 Å². The minimum absolute atomic E-state index is 0. The molecule has 5 nitrogen and oxygen atoms in total. The third-order valence-electron chi connectivity index (χ3n) is 0. The standard InChI is InChI=1S/CH2O3.Cu.2H2O/c2-1(3)4;;;/h(H2,2,3,4);;2*1H2/q;+2;;/p-4. The van der Waals surface area contributed by atoms with Crippen molar-refractivity contribution in [1.82, 2.24) is 0 Å². The van der Waals surface area contributed by atoms with Gasteiger partial charge in [0.15, 0.2) is 0 Å². The van der Waals surface area contributed by atoms with Crippen LogP contribution in [0.3, 0.4) is 0 Å². The van der Waals surface area contributed by atoms with E-state index in [0.717, 1.165) is 0 Å². The molecule has 0 heterocycles. The molecule has 0 aromatic rings. The summed E-state index contributed by atoms with van der Waals surface area (Å²) in [6.45, 7) is 0. The topological polar surface area (TPSA) is 123 Å². The van der Waals surface area contributed by atoms with E-state index >= 15 is 0 Å². The van der Waals surface area contributed by atoms with Crippen LogP contribution in [0.2, 0.25) is 0 Å². The van der Waals surface area contributed by atoms with E-state index < -0.39 is 6.16 Å². The summed E-state index contributed by atoms with van der Waals surface area (Å²) in [6.07, 6.45) is -2.33. The fraction of sp³-hybridized carbons (Fsp3) is 0. The predicted octanol–water partition coefficient (Wildman–Crippen LogP) is -2.80. The van der Waals surface area contributed by atoms with Crippen molar-refractivity contribution in [2.75, 3.05) is 0 Å². The molecule has 0 rings (SSSR count). The number of carbonyl (C=O) groups is 1. The van der Waals surface area contributed by atoms with Gasteiger partial charge in [-0.15, -0.1) is 0 Å². The summed E-state index contributed by atoms with van der Waals surface area (Å²) in [5.41, 5.74) is 0. The molecule has 2 N–H and O–H groups in total. The van der Waals surface area contributed by atoms with Crippen molar-refractivity contribution in [3.8, 4) is 0 Å². The van der Waals surface area contributed by atoms with Crippen LogP contribution in [0, 0.1) is 0 Å². The van der Waals surface area contributed by atoms with Crippen molar-refractivity contribution in [3.05, 3.63) is 0 Å². The Kier molecular flexibility index (Phi) is 73.4. The molecular weight excluding hydrogens is 156 g/mol. The molecule has 0 aliphatic heterocycles. The molecule has 0 unspecified atom stereocenters. The summed E-state index contributed by atoms with van der Waals surface area (Å²) < 4.78 is 0. The summed E-state index contributed by atoms with van der Waals surface area (Å²) in [5, 5.41) is 16.7. The van der Waals surface area contributed by atoms with E-state index in [2.05, 4.69) is 0 Å². The van der Waals surface area contributed by atoms with Crippen LogP contribution in [-0.2, 0) is 17.1 Å². The van der Waals surface area contributed by atoms with Crippen LogP contribution in [0.15, 0.2) is 0 Å². The van der Waals surface area contributed by atoms with Gasteiger partial charge in [-0.3, -0.25) is 0 Å². The Morgan fingerprint density at radius 2 is 1.14 bits per heavy atom. The van der Waals surface area contributed by atoms with Gasteiger partial charge in [-0.1, -0.05) is 0 Å². The molecule has 1 radical (unpaired) electrons. The molecule has 49 valence electrons. The summed E-state index contributed by atoms with van der Waals surface area (Å²) >= 11 is 0. The molecule has 0 aromatic heterocycles. The number of hydrogen-bond donors (Lipinski definition) is 0. The summed E-state index contributed by atoms with van der Waals surface area (Å²) in [6, 6.07) is 0. The second-order valence-corrected chi connectivity index (χ2v) is 0.250. The molecule has 0 fully saturated rings. The molecule has 0 saturated carbocycles. The van der Waals surface area contributed by atoms with Gasteiger partial charge >= 0.3 is 17.1 Å². The van der Waals surface area contributed by atoms with Crippen molar-refractivity contribution in [2.45, 2.75) is 0 Å². The van der Waals surface area contributed by atoms with E-state index in [1.165, 1.54) is 0 Å². The first-order chi connectivity index (χ1) is 1.73. The minimum atomic E-state index is -2.33. The van der Waals surface area contributed by atoms with Gasteiger partial charge in [0, 0.05) is 0 Å². The van der Waals surface area contributed by atoms with Gasteiger partial charge < -0.3 is 26.0 Å². The Balaban J connectivity index is -0.0000000150. The molecule has 0 spiro atoms. The third-order valence-corrected chi connectivity index (χ3v) is 0. The second-order valence-electron chi connectivity index (χ2n) is 0.250. The quantitative estimate of drug-likeness (QED) is 0.351. The van der Waals surface area contributed by atoms with Crippen molar-refractivity contribution >= 4 is 6.16 Å². The van der Waals surface area contributed by atoms with E-state index in [9.17, 15) is 0 Å². The first-order valence-electron chi connectivity index (χ1n) is 0.612. The van der Waals surface area contributed by atoms with Crippen LogP contribution in [0.4, 0.5) is 4.79 Å². The van der Waals surface area contributed by atoms with Crippen molar-refractivity contribution in [3.63, 3.8) is 0 Å². The summed E-state index contributed by atoms with van der Waals surface area (Å²) in [4.78, 5) is 8.33. The van der Waals surface area contributed by atoms with E-state index in [1.807, 2.05) is 0 Å². The van der Waals surface area contributed by atoms with Gasteiger partial charge in [-0.25, -0.2) is 0 Å². The number of rotatable bonds is 0. The van der Waals surface area contributed by atoms with Crippen LogP contribution in [0.1, 0.15) is 0 Å². The van der Waals surface area contributed by atoms with Crippen molar-refractivity contribution in [1.29, 1.82) is 0 Å². The van der Waals surface area contributed by atoms with Gasteiger partial charge in [-0.05, 0) is 6.16 Å². The molecule has 0 aromatic carbocycles. The van der Waals surface area contributed by atoms with Gasteiger partial charge in [0.25, 0.3) is 0 Å². The first kappa shape index (κ1) is 29.8. The Bertz CT molecular complexity index is 31.1. The van der Waals surface area contributed by atoms with Crippen LogP contribution < -0.4 is 10.2 Å². The smallest absolute Gasteiger partial charge is 0.870 e. The number of hydrogen-bond acceptors (Lipinski definition) is 5. The SMILES string of the molecule is O=C([O-])[O-].[Cu+2].[OH-].[OH-]. The molecular formula is CH2CuO5-2. The van der Waals surface area contributed by atoms with Crippen LogP contribution in [0.25, 0.3) is 0 Å². The van der Waals surface area contributed by atoms with Gasteiger partial charge in [0.2, 0.25) is 0 Å². The zero-order valence-corrected chi connectivity index (χ0v) is 3.86. The number of carbonyl (C=O) groups excluding carboxylic acids is 1. The van der Waals surface area contributed by atoms with Gasteiger partial charge in [-0.2, -0.15) is 0 Å². The zero-order valence-electron chi connectivity index (χ0n) is 2.92. The maximum absolute atomic E-state index is 8.33. The van der Waals surface area contributed by atoms with Crippen molar-refractivity contribution in [2.24, 2.45) is 0 Å². The average Bonchev–Trinajstić information content (AvgIpc) is 0.811. The molecule has 0 aliphatic rings. The normalized spacial score (nSPS) is 3.43.